The molecule has 2 aliphatic rings. The second kappa shape index (κ2) is 9.88. The van der Waals surface area contributed by atoms with Crippen LogP contribution in [0.2, 0.25) is 0 Å². The molecule has 4 rings (SSSR count). The normalized spacial score (nSPS) is 16.2. The summed E-state index contributed by atoms with van der Waals surface area (Å²) in [5.41, 5.74) is 1.55. The highest BCUT2D eigenvalue weighted by molar-refractivity contribution is 6.08. The molecule has 0 bridgehead atoms. The monoisotopic (exact) mass is 441 g/mol. The highest BCUT2D eigenvalue weighted by atomic mass is 16.5. The van der Waals surface area contributed by atoms with Gasteiger partial charge >= 0.3 is 0 Å². The molecule has 2 aromatic rings. The minimum atomic E-state index is -0.365. The molecule has 2 heterocycles. The van der Waals surface area contributed by atoms with E-state index >= 15 is 0 Å². The Morgan fingerprint density at radius 3 is 2.47 bits per heavy atom. The van der Waals surface area contributed by atoms with Crippen LogP contribution in [0.25, 0.3) is 0 Å². The maximum Gasteiger partial charge on any atom is 0.265 e. The lowest BCUT2D eigenvalue weighted by molar-refractivity contribution is -0.121. The van der Waals surface area contributed by atoms with Gasteiger partial charge in [-0.25, -0.2) is 0 Å². The third-order valence-corrected chi connectivity index (χ3v) is 5.56. The third kappa shape index (κ3) is 4.63. The van der Waals surface area contributed by atoms with Crippen LogP contribution in [0.5, 0.6) is 17.2 Å². The number of amides is 2. The molecule has 9 nitrogen and oxygen atoms in total. The van der Waals surface area contributed by atoms with Crippen molar-refractivity contribution in [3.8, 4) is 17.2 Å². The van der Waals surface area contributed by atoms with Crippen LogP contribution in [0, 0.1) is 0 Å². The zero-order valence-electron chi connectivity index (χ0n) is 18.3. The summed E-state index contributed by atoms with van der Waals surface area (Å²) in [6.45, 7) is 4.46. The van der Waals surface area contributed by atoms with Gasteiger partial charge in [0.1, 0.15) is 22.8 Å². The highest BCUT2D eigenvalue weighted by Gasteiger charge is 2.27. The van der Waals surface area contributed by atoms with Crippen molar-refractivity contribution in [2.45, 2.75) is 0 Å². The van der Waals surface area contributed by atoms with Gasteiger partial charge in [0.15, 0.2) is 6.61 Å². The van der Waals surface area contributed by atoms with E-state index in [1.165, 1.54) is 14.2 Å². The first-order chi connectivity index (χ1) is 15.6. The Bertz CT molecular complexity index is 967. The summed E-state index contributed by atoms with van der Waals surface area (Å²) >= 11 is 0. The Hall–Kier alpha value is -3.30. The standard InChI is InChI=1S/C23H27N3O6/c1-29-18-4-3-5-19(30-2)22(18)23(28)24-16-6-7-17-20(14-16)32-15-21(27)26(17)9-8-25-10-12-31-13-11-25/h3-7,14H,8-13,15H2,1-2H3,(H,24,28). The lowest BCUT2D eigenvalue weighted by Crippen LogP contribution is -2.45. The molecule has 0 unspecified atom stereocenters. The smallest absolute Gasteiger partial charge is 0.265 e. The second-order valence-corrected chi connectivity index (χ2v) is 7.46. The molecule has 170 valence electrons. The summed E-state index contributed by atoms with van der Waals surface area (Å²) in [6, 6.07) is 10.4. The zero-order valence-corrected chi connectivity index (χ0v) is 18.3. The van der Waals surface area contributed by atoms with Gasteiger partial charge in [-0.05, 0) is 24.3 Å². The Balaban J connectivity index is 1.50. The fourth-order valence-corrected chi connectivity index (χ4v) is 3.86. The lowest BCUT2D eigenvalue weighted by Gasteiger charge is -2.33. The third-order valence-electron chi connectivity index (χ3n) is 5.56. The molecule has 0 radical (unpaired) electrons. The molecule has 32 heavy (non-hydrogen) atoms. The average Bonchev–Trinajstić information content (AvgIpc) is 2.83. The van der Waals surface area contributed by atoms with Crippen molar-refractivity contribution in [3.63, 3.8) is 0 Å². The molecule has 0 aromatic heterocycles. The number of methoxy groups -OCH3 is 2. The van der Waals surface area contributed by atoms with Gasteiger partial charge in [0.25, 0.3) is 11.8 Å². The van der Waals surface area contributed by atoms with E-state index in [1.807, 2.05) is 0 Å². The Morgan fingerprint density at radius 1 is 1.06 bits per heavy atom. The first-order valence-corrected chi connectivity index (χ1v) is 10.5. The number of hydrogen-bond acceptors (Lipinski definition) is 7. The number of rotatable bonds is 7. The molecule has 0 saturated carbocycles. The lowest BCUT2D eigenvalue weighted by atomic mass is 10.1. The molecule has 2 aromatic carbocycles. The van der Waals surface area contributed by atoms with E-state index in [9.17, 15) is 9.59 Å². The number of benzene rings is 2. The quantitative estimate of drug-likeness (QED) is 0.703. The van der Waals surface area contributed by atoms with E-state index < -0.39 is 0 Å². The number of ether oxygens (including phenoxy) is 4. The van der Waals surface area contributed by atoms with Crippen LogP contribution in [-0.4, -0.2) is 76.9 Å². The van der Waals surface area contributed by atoms with Crippen LogP contribution < -0.4 is 24.4 Å². The number of fused-ring (bicyclic) bond motifs is 1. The van der Waals surface area contributed by atoms with E-state index in [2.05, 4.69) is 10.2 Å². The maximum absolute atomic E-state index is 12.9. The maximum atomic E-state index is 12.9. The topological polar surface area (TPSA) is 89.6 Å². The van der Waals surface area contributed by atoms with Crippen LogP contribution in [0.4, 0.5) is 11.4 Å². The van der Waals surface area contributed by atoms with Crippen LogP contribution in [0.3, 0.4) is 0 Å². The van der Waals surface area contributed by atoms with Gasteiger partial charge in [0.05, 0.1) is 33.1 Å². The molecule has 0 spiro atoms. The van der Waals surface area contributed by atoms with Crippen molar-refractivity contribution in [1.82, 2.24) is 4.90 Å². The molecular formula is C23H27N3O6. The summed E-state index contributed by atoms with van der Waals surface area (Å²) in [6.07, 6.45) is 0. The summed E-state index contributed by atoms with van der Waals surface area (Å²) in [5, 5.41) is 2.86. The van der Waals surface area contributed by atoms with Crippen molar-refractivity contribution in [2.24, 2.45) is 0 Å². The van der Waals surface area contributed by atoms with Gasteiger partial charge in [-0.2, -0.15) is 0 Å². The fraction of sp³-hybridized carbons (Fsp3) is 0.391. The van der Waals surface area contributed by atoms with Crippen LogP contribution >= 0.6 is 0 Å². The van der Waals surface area contributed by atoms with E-state index in [0.29, 0.717) is 53.9 Å². The first kappa shape index (κ1) is 21.9. The second-order valence-electron chi connectivity index (χ2n) is 7.46. The number of hydrogen-bond donors (Lipinski definition) is 1. The van der Waals surface area contributed by atoms with Crippen molar-refractivity contribution >= 4 is 23.2 Å². The highest BCUT2D eigenvalue weighted by Crippen LogP contribution is 2.35. The van der Waals surface area contributed by atoms with Gasteiger partial charge in [0.2, 0.25) is 0 Å². The fourth-order valence-electron chi connectivity index (χ4n) is 3.86. The van der Waals surface area contributed by atoms with E-state index in [0.717, 1.165) is 19.6 Å². The number of morpholine rings is 1. The SMILES string of the molecule is COc1cccc(OC)c1C(=O)Nc1ccc2c(c1)OCC(=O)N2CCN1CCOCC1. The van der Waals surface area contributed by atoms with Crippen LogP contribution in [-0.2, 0) is 9.53 Å². The Labute approximate surface area is 186 Å². The molecular weight excluding hydrogens is 414 g/mol. The van der Waals surface area contributed by atoms with Crippen molar-refractivity contribution in [2.75, 3.05) is 70.4 Å². The predicted octanol–water partition coefficient (Wildman–Crippen LogP) is 2.01. The van der Waals surface area contributed by atoms with Gasteiger partial charge in [0, 0.05) is 37.9 Å². The minimum absolute atomic E-state index is 0.0339. The number of nitrogens with one attached hydrogen (secondary N) is 1. The molecule has 1 saturated heterocycles. The van der Waals surface area contributed by atoms with E-state index in [-0.39, 0.29) is 18.4 Å². The van der Waals surface area contributed by atoms with Gasteiger partial charge in [-0.3, -0.25) is 14.5 Å². The number of carbonyl (C=O) groups excluding carboxylic acids is 2. The van der Waals surface area contributed by atoms with Crippen molar-refractivity contribution < 1.29 is 28.5 Å². The number of carbonyl (C=O) groups is 2. The largest absolute Gasteiger partial charge is 0.496 e. The van der Waals surface area contributed by atoms with Crippen molar-refractivity contribution in [1.29, 1.82) is 0 Å². The molecule has 1 N–H and O–H groups in total. The summed E-state index contributed by atoms with van der Waals surface area (Å²) < 4.78 is 21.7. The Kier molecular flexibility index (Phi) is 6.77. The average molecular weight is 441 g/mol. The minimum Gasteiger partial charge on any atom is -0.496 e. The zero-order chi connectivity index (χ0) is 22.5. The van der Waals surface area contributed by atoms with Gasteiger partial charge < -0.3 is 29.2 Å². The molecule has 9 heteroatoms. The molecule has 2 amide bonds. The number of nitrogens with zero attached hydrogens (tertiary/aromatic N) is 2. The van der Waals surface area contributed by atoms with E-state index in [4.69, 9.17) is 18.9 Å². The summed E-state index contributed by atoms with van der Waals surface area (Å²) in [7, 11) is 3.00. The van der Waals surface area contributed by atoms with Crippen molar-refractivity contribution in [3.05, 3.63) is 42.0 Å². The first-order valence-electron chi connectivity index (χ1n) is 10.5. The molecule has 0 atom stereocenters. The molecule has 0 aliphatic carbocycles. The molecule has 2 aliphatic heterocycles. The predicted molar refractivity (Wildman–Crippen MR) is 119 cm³/mol. The van der Waals surface area contributed by atoms with Gasteiger partial charge in [-0.1, -0.05) is 6.07 Å². The number of anilines is 2. The summed E-state index contributed by atoms with van der Waals surface area (Å²) in [5.74, 6) is 0.930. The summed E-state index contributed by atoms with van der Waals surface area (Å²) in [4.78, 5) is 29.4. The van der Waals surface area contributed by atoms with Gasteiger partial charge in [-0.15, -0.1) is 0 Å². The van der Waals surface area contributed by atoms with Crippen LogP contribution in [0.1, 0.15) is 10.4 Å². The van der Waals surface area contributed by atoms with E-state index in [1.54, 1.807) is 41.3 Å². The van der Waals surface area contributed by atoms with Crippen LogP contribution in [0.15, 0.2) is 36.4 Å². The molecule has 1 fully saturated rings. The Morgan fingerprint density at radius 2 is 1.78 bits per heavy atom.